The van der Waals surface area contributed by atoms with Crippen LogP contribution in [0.5, 0.6) is 0 Å². The Morgan fingerprint density at radius 2 is 2.05 bits per heavy atom. The third-order valence-electron chi connectivity index (χ3n) is 2.80. The highest BCUT2D eigenvalue weighted by Crippen LogP contribution is 2.29. The van der Waals surface area contributed by atoms with E-state index in [9.17, 15) is 0 Å². The summed E-state index contributed by atoms with van der Waals surface area (Å²) < 4.78 is 2.55. The predicted octanol–water partition coefficient (Wildman–Crippen LogP) is 4.85. The van der Waals surface area contributed by atoms with Crippen LogP contribution in [0.2, 0.25) is 9.36 Å². The molecule has 1 N–H and O–H groups in total. The van der Waals surface area contributed by atoms with Crippen molar-refractivity contribution >= 4 is 40.2 Å². The third-order valence-corrected chi connectivity index (χ3v) is 4.34. The maximum Gasteiger partial charge on any atom is 0.106 e. The summed E-state index contributed by atoms with van der Waals surface area (Å²) in [4.78, 5) is 1.17. The zero-order chi connectivity index (χ0) is 13.9. The van der Waals surface area contributed by atoms with E-state index in [1.54, 1.807) is 22.2 Å². The number of nitrogens with zero attached hydrogens (tertiary/aromatic N) is 2. The molecule has 0 aliphatic carbocycles. The van der Waals surface area contributed by atoms with Gasteiger partial charge in [-0.25, -0.2) is 4.68 Å². The summed E-state index contributed by atoms with van der Waals surface area (Å²) in [6.45, 7) is 0.700. The number of benzene rings is 1. The van der Waals surface area contributed by atoms with Gasteiger partial charge in [0.1, 0.15) is 5.69 Å². The van der Waals surface area contributed by atoms with Crippen LogP contribution in [0.15, 0.2) is 48.8 Å². The average molecular weight is 324 g/mol. The second-order valence-electron chi connectivity index (χ2n) is 4.15. The first-order chi connectivity index (χ1) is 9.74. The van der Waals surface area contributed by atoms with E-state index in [0.717, 1.165) is 15.7 Å². The van der Waals surface area contributed by atoms with Crippen LogP contribution in [0.1, 0.15) is 4.88 Å². The molecule has 2 aromatic heterocycles. The Bertz CT molecular complexity index is 707. The Hall–Kier alpha value is -1.49. The van der Waals surface area contributed by atoms with Gasteiger partial charge in [0.25, 0.3) is 0 Å². The van der Waals surface area contributed by atoms with Gasteiger partial charge in [-0.3, -0.25) is 0 Å². The van der Waals surface area contributed by atoms with Crippen molar-refractivity contribution in [2.75, 3.05) is 5.32 Å². The second kappa shape index (κ2) is 5.87. The van der Waals surface area contributed by atoms with E-state index in [4.69, 9.17) is 23.2 Å². The lowest BCUT2D eigenvalue weighted by Crippen LogP contribution is -2.04. The molecule has 3 rings (SSSR count). The van der Waals surface area contributed by atoms with Crippen molar-refractivity contribution < 1.29 is 0 Å². The first kappa shape index (κ1) is 13.5. The zero-order valence-corrected chi connectivity index (χ0v) is 12.7. The molecule has 20 heavy (non-hydrogen) atoms. The van der Waals surface area contributed by atoms with Crippen molar-refractivity contribution in [2.24, 2.45) is 0 Å². The van der Waals surface area contributed by atoms with Crippen molar-refractivity contribution in [3.05, 3.63) is 63.0 Å². The minimum Gasteiger partial charge on any atom is -0.378 e. The van der Waals surface area contributed by atoms with Crippen molar-refractivity contribution in [1.29, 1.82) is 0 Å². The summed E-state index contributed by atoms with van der Waals surface area (Å²) in [6, 6.07) is 11.5. The lowest BCUT2D eigenvalue weighted by Gasteiger charge is -2.13. The number of nitrogens with one attached hydrogen (secondary N) is 1. The van der Waals surface area contributed by atoms with Crippen molar-refractivity contribution in [1.82, 2.24) is 9.78 Å². The van der Waals surface area contributed by atoms with Crippen LogP contribution in [0.25, 0.3) is 5.69 Å². The van der Waals surface area contributed by atoms with Crippen LogP contribution in [-0.4, -0.2) is 9.78 Å². The molecule has 0 fully saturated rings. The normalized spacial score (nSPS) is 10.7. The number of hydrogen-bond donors (Lipinski definition) is 1. The van der Waals surface area contributed by atoms with Crippen molar-refractivity contribution in [3.63, 3.8) is 0 Å². The lowest BCUT2D eigenvalue weighted by atomic mass is 10.2. The molecule has 0 saturated carbocycles. The molecular formula is C14H11Cl2N3S. The maximum atomic E-state index is 6.29. The highest BCUT2D eigenvalue weighted by atomic mass is 35.5. The Morgan fingerprint density at radius 3 is 2.75 bits per heavy atom. The summed E-state index contributed by atoms with van der Waals surface area (Å²) in [5.74, 6) is 0. The van der Waals surface area contributed by atoms with Gasteiger partial charge in [-0.1, -0.05) is 29.3 Å². The van der Waals surface area contributed by atoms with E-state index in [1.165, 1.54) is 4.88 Å². The molecule has 3 nitrogen and oxygen atoms in total. The van der Waals surface area contributed by atoms with Crippen LogP contribution in [-0.2, 0) is 6.54 Å². The first-order valence-corrected chi connectivity index (χ1v) is 7.58. The van der Waals surface area contributed by atoms with Crippen LogP contribution >= 0.6 is 34.5 Å². The fraction of sp³-hybridized carbons (Fsp3) is 0.0714. The van der Waals surface area contributed by atoms with Gasteiger partial charge in [0.2, 0.25) is 0 Å². The zero-order valence-electron chi connectivity index (χ0n) is 10.4. The van der Waals surface area contributed by atoms with Gasteiger partial charge in [0.05, 0.1) is 15.0 Å². The number of aromatic nitrogens is 2. The van der Waals surface area contributed by atoms with Crippen molar-refractivity contribution in [2.45, 2.75) is 6.54 Å². The molecule has 2 heterocycles. The molecule has 102 valence electrons. The Labute approximate surface area is 130 Å². The quantitative estimate of drug-likeness (QED) is 0.743. The Balaban J connectivity index is 1.88. The molecule has 0 unspecified atom stereocenters. The minimum absolute atomic E-state index is 0.655. The van der Waals surface area contributed by atoms with Gasteiger partial charge in [0, 0.05) is 23.8 Å². The number of hydrogen-bond acceptors (Lipinski definition) is 3. The van der Waals surface area contributed by atoms with E-state index < -0.39 is 0 Å². The molecule has 6 heteroatoms. The summed E-state index contributed by atoms with van der Waals surface area (Å²) in [7, 11) is 0. The highest BCUT2D eigenvalue weighted by molar-refractivity contribution is 7.16. The number of thiophene rings is 1. The van der Waals surface area contributed by atoms with E-state index in [2.05, 4.69) is 10.4 Å². The van der Waals surface area contributed by atoms with Gasteiger partial charge >= 0.3 is 0 Å². The summed E-state index contributed by atoms with van der Waals surface area (Å²) >= 11 is 13.8. The average Bonchev–Trinajstić information content (AvgIpc) is 3.08. The standard InChI is InChI=1S/C14H11Cl2N3S/c15-11-3-1-4-12(14(11)19-8-2-7-18-19)17-9-10-5-6-13(16)20-10/h1-8,17H,9H2. The van der Waals surface area contributed by atoms with Crippen molar-refractivity contribution in [3.8, 4) is 5.69 Å². The number of rotatable bonds is 4. The van der Waals surface area contributed by atoms with Crippen LogP contribution in [0, 0.1) is 0 Å². The number of anilines is 1. The predicted molar refractivity (Wildman–Crippen MR) is 85.2 cm³/mol. The van der Waals surface area contributed by atoms with Gasteiger partial charge in [-0.15, -0.1) is 11.3 Å². The SMILES string of the molecule is Clc1ccc(CNc2cccc(Cl)c2-n2cccn2)s1. The Kier molecular flexibility index (Phi) is 3.96. The Morgan fingerprint density at radius 1 is 1.15 bits per heavy atom. The van der Waals surface area contributed by atoms with Gasteiger partial charge in [0.15, 0.2) is 0 Å². The molecule has 1 aromatic carbocycles. The molecule has 0 amide bonds. The minimum atomic E-state index is 0.655. The van der Waals surface area contributed by atoms with Crippen LogP contribution in [0.3, 0.4) is 0 Å². The first-order valence-electron chi connectivity index (χ1n) is 6.00. The van der Waals surface area contributed by atoms with Gasteiger partial charge in [-0.05, 0) is 30.3 Å². The van der Waals surface area contributed by atoms with E-state index in [-0.39, 0.29) is 0 Å². The molecule has 0 spiro atoms. The third kappa shape index (κ3) is 2.82. The number of halogens is 2. The highest BCUT2D eigenvalue weighted by Gasteiger charge is 2.09. The summed E-state index contributed by atoms with van der Waals surface area (Å²) in [5, 5.41) is 8.27. The number of para-hydroxylation sites is 1. The summed E-state index contributed by atoms with van der Waals surface area (Å²) in [5.41, 5.74) is 1.78. The van der Waals surface area contributed by atoms with E-state index >= 15 is 0 Å². The van der Waals surface area contributed by atoms with E-state index in [1.807, 2.05) is 42.6 Å². The summed E-state index contributed by atoms with van der Waals surface area (Å²) in [6.07, 6.45) is 3.60. The molecule has 0 saturated heterocycles. The molecule has 3 aromatic rings. The molecular weight excluding hydrogens is 313 g/mol. The van der Waals surface area contributed by atoms with Crippen LogP contribution in [0.4, 0.5) is 5.69 Å². The topological polar surface area (TPSA) is 29.9 Å². The maximum absolute atomic E-state index is 6.29. The second-order valence-corrected chi connectivity index (χ2v) is 6.35. The largest absolute Gasteiger partial charge is 0.378 e. The lowest BCUT2D eigenvalue weighted by molar-refractivity contribution is 0.880. The molecule has 0 atom stereocenters. The molecule has 0 aliphatic heterocycles. The fourth-order valence-electron chi connectivity index (χ4n) is 1.92. The fourth-order valence-corrected chi connectivity index (χ4v) is 3.21. The molecule has 0 aliphatic rings. The van der Waals surface area contributed by atoms with E-state index in [0.29, 0.717) is 11.6 Å². The monoisotopic (exact) mass is 323 g/mol. The smallest absolute Gasteiger partial charge is 0.106 e. The molecule has 0 radical (unpaired) electrons. The molecule has 0 bridgehead atoms. The van der Waals surface area contributed by atoms with Crippen LogP contribution < -0.4 is 5.32 Å². The van der Waals surface area contributed by atoms with Gasteiger partial charge in [-0.2, -0.15) is 5.10 Å². The van der Waals surface area contributed by atoms with Gasteiger partial charge < -0.3 is 5.32 Å².